The molecule has 2 aromatic carbocycles. The number of likely N-dealkylation sites (N-methyl/N-ethyl adjacent to an activating group) is 1. The quantitative estimate of drug-likeness (QED) is 0.653. The van der Waals surface area contributed by atoms with E-state index in [-0.39, 0.29) is 17.9 Å². The summed E-state index contributed by atoms with van der Waals surface area (Å²) in [6, 6.07) is 16.5. The average Bonchev–Trinajstić information content (AvgIpc) is 3.15. The highest BCUT2D eigenvalue weighted by Crippen LogP contribution is 2.29. The number of nitrogens with one attached hydrogen (secondary N) is 1. The Morgan fingerprint density at radius 1 is 1.14 bits per heavy atom. The normalized spacial score (nSPS) is 11.3. The summed E-state index contributed by atoms with van der Waals surface area (Å²) in [5, 5.41) is 3.20. The van der Waals surface area contributed by atoms with Gasteiger partial charge in [-0.1, -0.05) is 57.2 Å². The molecule has 0 aliphatic heterocycles. The van der Waals surface area contributed by atoms with Gasteiger partial charge < -0.3 is 20.4 Å². The molecular weight excluding hydrogens is 364 g/mol. The fraction of sp³-hybridized carbons (Fsp3) is 0.304. The molecule has 0 fully saturated rings. The molecule has 0 radical (unpaired) electrons. The first-order chi connectivity index (χ1) is 13.8. The van der Waals surface area contributed by atoms with E-state index in [9.17, 15) is 4.79 Å². The van der Waals surface area contributed by atoms with Gasteiger partial charge in [0.2, 0.25) is 5.91 Å². The molecular formula is C23H28N4O2. The lowest BCUT2D eigenvalue weighted by molar-refractivity contribution is -0.128. The Kier molecular flexibility index (Phi) is 6.03. The van der Waals surface area contributed by atoms with E-state index in [2.05, 4.69) is 43.2 Å². The van der Waals surface area contributed by atoms with Crippen molar-refractivity contribution in [1.29, 1.82) is 0 Å². The molecule has 0 bridgehead atoms. The zero-order valence-corrected chi connectivity index (χ0v) is 17.4. The number of rotatable bonds is 6. The first-order valence-electron chi connectivity index (χ1n) is 9.63. The average molecular weight is 393 g/mol. The molecule has 152 valence electrons. The molecule has 0 unspecified atom stereocenters. The maximum atomic E-state index is 11.8. The standard InChI is InChI=1S/C23H28N4O2/c1-23(2,3)17-9-11-18(12-10-17)26-22-25-14-20(29-22)19-8-6-5-7-16(19)15-27(4)21(28)13-24/h5-12,14H,13,15,24H2,1-4H3,(H,25,26). The van der Waals surface area contributed by atoms with Crippen molar-refractivity contribution in [3.63, 3.8) is 0 Å². The minimum Gasteiger partial charge on any atom is -0.423 e. The molecule has 3 N–H and O–H groups in total. The van der Waals surface area contributed by atoms with Crippen molar-refractivity contribution < 1.29 is 9.21 Å². The summed E-state index contributed by atoms with van der Waals surface area (Å²) >= 11 is 0. The van der Waals surface area contributed by atoms with Gasteiger partial charge in [0.25, 0.3) is 6.01 Å². The molecule has 0 aliphatic rings. The Morgan fingerprint density at radius 2 is 1.83 bits per heavy atom. The number of nitrogens with zero attached hydrogens (tertiary/aromatic N) is 2. The Hall–Kier alpha value is -3.12. The molecule has 29 heavy (non-hydrogen) atoms. The van der Waals surface area contributed by atoms with Gasteiger partial charge in [0, 0.05) is 24.8 Å². The van der Waals surface area contributed by atoms with Crippen LogP contribution < -0.4 is 11.1 Å². The van der Waals surface area contributed by atoms with Gasteiger partial charge in [-0.2, -0.15) is 0 Å². The Bertz CT molecular complexity index is 971. The van der Waals surface area contributed by atoms with E-state index in [0.29, 0.717) is 18.3 Å². The molecule has 0 spiro atoms. The lowest BCUT2D eigenvalue weighted by Gasteiger charge is -2.19. The second-order valence-electron chi connectivity index (χ2n) is 8.09. The third kappa shape index (κ3) is 5.03. The van der Waals surface area contributed by atoms with E-state index >= 15 is 0 Å². The number of aromatic nitrogens is 1. The van der Waals surface area contributed by atoms with Gasteiger partial charge >= 0.3 is 0 Å². The zero-order valence-electron chi connectivity index (χ0n) is 17.4. The van der Waals surface area contributed by atoms with Crippen LogP contribution in [0.1, 0.15) is 31.9 Å². The van der Waals surface area contributed by atoms with Crippen LogP contribution in [0.5, 0.6) is 0 Å². The number of nitrogens with two attached hydrogens (primary N) is 1. The van der Waals surface area contributed by atoms with Gasteiger partial charge in [0.15, 0.2) is 5.76 Å². The van der Waals surface area contributed by atoms with Gasteiger partial charge in [0.1, 0.15) is 0 Å². The van der Waals surface area contributed by atoms with Crippen LogP contribution in [0.25, 0.3) is 11.3 Å². The maximum Gasteiger partial charge on any atom is 0.299 e. The second-order valence-corrected chi connectivity index (χ2v) is 8.09. The third-order valence-electron chi connectivity index (χ3n) is 4.80. The van der Waals surface area contributed by atoms with Gasteiger partial charge in [0.05, 0.1) is 12.7 Å². The van der Waals surface area contributed by atoms with Crippen molar-refractivity contribution in [2.45, 2.75) is 32.7 Å². The number of oxazole rings is 1. The maximum absolute atomic E-state index is 11.8. The summed E-state index contributed by atoms with van der Waals surface area (Å²) in [6.45, 7) is 7.00. The van der Waals surface area contributed by atoms with Gasteiger partial charge in [-0.25, -0.2) is 4.98 Å². The van der Waals surface area contributed by atoms with E-state index in [1.807, 2.05) is 36.4 Å². The smallest absolute Gasteiger partial charge is 0.299 e. The SMILES string of the molecule is CN(Cc1ccccc1-c1cnc(Nc2ccc(C(C)(C)C)cc2)o1)C(=O)CN. The topological polar surface area (TPSA) is 84.4 Å². The fourth-order valence-corrected chi connectivity index (χ4v) is 3.03. The van der Waals surface area contributed by atoms with Crippen LogP contribution in [0, 0.1) is 0 Å². The fourth-order valence-electron chi connectivity index (χ4n) is 3.03. The molecule has 1 amide bonds. The van der Waals surface area contributed by atoms with Crippen molar-refractivity contribution in [2.75, 3.05) is 18.9 Å². The molecule has 0 saturated carbocycles. The molecule has 6 nitrogen and oxygen atoms in total. The number of amides is 1. The van der Waals surface area contributed by atoms with Crippen molar-refractivity contribution in [1.82, 2.24) is 9.88 Å². The summed E-state index contributed by atoms with van der Waals surface area (Å²) in [5.74, 6) is 0.529. The predicted molar refractivity (Wildman–Crippen MR) is 116 cm³/mol. The van der Waals surface area contributed by atoms with Crippen LogP contribution in [0.15, 0.2) is 59.1 Å². The summed E-state index contributed by atoms with van der Waals surface area (Å²) in [7, 11) is 1.74. The first kappa shape index (κ1) is 20.6. The van der Waals surface area contributed by atoms with Crippen molar-refractivity contribution >= 4 is 17.6 Å². The highest BCUT2D eigenvalue weighted by molar-refractivity contribution is 5.78. The molecule has 1 heterocycles. The monoisotopic (exact) mass is 392 g/mol. The number of carbonyl (C=O) groups is 1. The summed E-state index contributed by atoms with van der Waals surface area (Å²) in [4.78, 5) is 17.8. The number of carbonyl (C=O) groups excluding carboxylic acids is 1. The second kappa shape index (κ2) is 8.49. The van der Waals surface area contributed by atoms with E-state index < -0.39 is 0 Å². The summed E-state index contributed by atoms with van der Waals surface area (Å²) in [6.07, 6.45) is 1.69. The summed E-state index contributed by atoms with van der Waals surface area (Å²) in [5.41, 5.74) is 9.60. The summed E-state index contributed by atoms with van der Waals surface area (Å²) < 4.78 is 5.93. The number of hydrogen-bond acceptors (Lipinski definition) is 5. The zero-order chi connectivity index (χ0) is 21.0. The van der Waals surface area contributed by atoms with Gasteiger partial charge in [-0.05, 0) is 28.7 Å². The highest BCUT2D eigenvalue weighted by atomic mass is 16.4. The first-order valence-corrected chi connectivity index (χ1v) is 9.63. The largest absolute Gasteiger partial charge is 0.423 e. The lowest BCUT2D eigenvalue weighted by atomic mass is 9.87. The van der Waals surface area contributed by atoms with Gasteiger partial charge in [-0.3, -0.25) is 4.79 Å². The van der Waals surface area contributed by atoms with E-state index in [4.69, 9.17) is 10.2 Å². The molecule has 1 aromatic heterocycles. The minimum atomic E-state index is -0.113. The third-order valence-corrected chi connectivity index (χ3v) is 4.80. The van der Waals surface area contributed by atoms with Crippen LogP contribution in [-0.4, -0.2) is 29.4 Å². The van der Waals surface area contributed by atoms with E-state index in [0.717, 1.165) is 16.8 Å². The van der Waals surface area contributed by atoms with Gasteiger partial charge in [-0.15, -0.1) is 0 Å². The molecule has 3 rings (SSSR count). The minimum absolute atomic E-state index is 0.0109. The van der Waals surface area contributed by atoms with Crippen molar-refractivity contribution in [3.05, 3.63) is 65.9 Å². The predicted octanol–water partition coefficient (Wildman–Crippen LogP) is 4.30. The van der Waals surface area contributed by atoms with Crippen LogP contribution in [-0.2, 0) is 16.8 Å². The van der Waals surface area contributed by atoms with Crippen molar-refractivity contribution in [2.24, 2.45) is 5.73 Å². The van der Waals surface area contributed by atoms with Crippen LogP contribution >= 0.6 is 0 Å². The Labute approximate surface area is 171 Å². The van der Waals surface area contributed by atoms with E-state index in [1.165, 1.54) is 5.56 Å². The van der Waals surface area contributed by atoms with Crippen LogP contribution in [0.2, 0.25) is 0 Å². The Balaban J connectivity index is 1.77. The van der Waals surface area contributed by atoms with Crippen molar-refractivity contribution in [3.8, 4) is 11.3 Å². The molecule has 0 atom stereocenters. The number of benzene rings is 2. The molecule has 3 aromatic rings. The van der Waals surface area contributed by atoms with Crippen LogP contribution in [0.4, 0.5) is 11.7 Å². The Morgan fingerprint density at radius 3 is 2.48 bits per heavy atom. The highest BCUT2D eigenvalue weighted by Gasteiger charge is 2.15. The van der Waals surface area contributed by atoms with E-state index in [1.54, 1.807) is 18.1 Å². The number of anilines is 2. The number of hydrogen-bond donors (Lipinski definition) is 2. The lowest BCUT2D eigenvalue weighted by Crippen LogP contribution is -2.32. The molecule has 0 aliphatic carbocycles. The van der Waals surface area contributed by atoms with Crippen LogP contribution in [0.3, 0.4) is 0 Å². The molecule has 0 saturated heterocycles. The molecule has 6 heteroatoms.